The normalized spacial score (nSPS) is 11.2. The molecule has 30 heavy (non-hydrogen) atoms. The van der Waals surface area contributed by atoms with E-state index >= 15 is 0 Å². The van der Waals surface area contributed by atoms with Crippen LogP contribution in [0.2, 0.25) is 0 Å². The fourth-order valence-corrected chi connectivity index (χ4v) is 4.20. The average molecular weight is 415 g/mol. The largest absolute Gasteiger partial charge is 0.270 e. The molecule has 0 saturated carbocycles. The molecule has 0 amide bonds. The molecule has 0 unspecified atom stereocenters. The maximum Gasteiger partial charge on any atom is 0.196 e. The van der Waals surface area contributed by atoms with Gasteiger partial charge in [0.25, 0.3) is 0 Å². The van der Waals surface area contributed by atoms with Gasteiger partial charge in [0.15, 0.2) is 11.0 Å². The monoisotopic (exact) mass is 414 g/mol. The molecule has 0 aliphatic rings. The van der Waals surface area contributed by atoms with Crippen LogP contribution in [0.25, 0.3) is 17.1 Å². The van der Waals surface area contributed by atoms with Gasteiger partial charge in [-0.3, -0.25) is 9.55 Å². The third kappa shape index (κ3) is 4.31. The van der Waals surface area contributed by atoms with E-state index < -0.39 is 0 Å². The molecule has 4 nitrogen and oxygen atoms in total. The van der Waals surface area contributed by atoms with Gasteiger partial charge >= 0.3 is 0 Å². The number of aromatic nitrogens is 4. The second-order valence-corrected chi connectivity index (χ2v) is 8.77. The van der Waals surface area contributed by atoms with Gasteiger partial charge in [0, 0.05) is 23.7 Å². The first-order valence-electron chi connectivity index (χ1n) is 10.2. The molecule has 4 rings (SSSR count). The van der Waals surface area contributed by atoms with E-state index in [-0.39, 0.29) is 0 Å². The third-order valence-corrected chi connectivity index (χ3v) is 6.33. The summed E-state index contributed by atoms with van der Waals surface area (Å²) in [5.74, 6) is 2.22. The lowest BCUT2D eigenvalue weighted by atomic mass is 10.0. The van der Waals surface area contributed by atoms with Crippen molar-refractivity contribution in [2.45, 2.75) is 44.5 Å². The zero-order valence-electron chi connectivity index (χ0n) is 17.8. The minimum Gasteiger partial charge on any atom is -0.270 e. The summed E-state index contributed by atoms with van der Waals surface area (Å²) in [5.41, 5.74) is 7.25. The molecule has 0 aliphatic heterocycles. The highest BCUT2D eigenvalue weighted by molar-refractivity contribution is 7.98. The van der Waals surface area contributed by atoms with Crippen molar-refractivity contribution in [3.63, 3.8) is 0 Å². The molecule has 0 spiro atoms. The first-order chi connectivity index (χ1) is 14.5. The van der Waals surface area contributed by atoms with E-state index in [2.05, 4.69) is 89.9 Å². The second kappa shape index (κ2) is 8.84. The highest BCUT2D eigenvalue weighted by atomic mass is 32.2. The van der Waals surface area contributed by atoms with E-state index in [0.29, 0.717) is 5.92 Å². The van der Waals surface area contributed by atoms with Gasteiger partial charge in [-0.1, -0.05) is 55.9 Å². The van der Waals surface area contributed by atoms with Crippen LogP contribution in [0.5, 0.6) is 0 Å². The van der Waals surface area contributed by atoms with Crippen LogP contribution < -0.4 is 0 Å². The molecule has 2 aromatic carbocycles. The Morgan fingerprint density at radius 2 is 1.60 bits per heavy atom. The van der Waals surface area contributed by atoms with Crippen LogP contribution in [0.4, 0.5) is 0 Å². The number of hydrogen-bond acceptors (Lipinski definition) is 4. The summed E-state index contributed by atoms with van der Waals surface area (Å²) in [6.07, 6.45) is 3.58. The summed E-state index contributed by atoms with van der Waals surface area (Å²) in [5, 5.41) is 9.95. The van der Waals surface area contributed by atoms with Gasteiger partial charge in [0.05, 0.1) is 5.69 Å². The number of pyridine rings is 1. The number of hydrogen-bond donors (Lipinski definition) is 0. The molecule has 0 atom stereocenters. The molecule has 2 heterocycles. The van der Waals surface area contributed by atoms with Crippen molar-refractivity contribution in [2.75, 3.05) is 0 Å². The molecule has 4 aromatic rings. The lowest BCUT2D eigenvalue weighted by Gasteiger charge is -2.12. The van der Waals surface area contributed by atoms with Gasteiger partial charge < -0.3 is 0 Å². The zero-order valence-corrected chi connectivity index (χ0v) is 18.6. The number of benzene rings is 2. The summed E-state index contributed by atoms with van der Waals surface area (Å²) in [6.45, 7) is 8.71. The SMILES string of the molecule is Cc1ccc(-n2c(SCc3ccc(C(C)C)cc3)nnc2-c2ccncc2)cc1C. The lowest BCUT2D eigenvalue weighted by Crippen LogP contribution is -2.01. The predicted octanol–water partition coefficient (Wildman–Crippen LogP) is 6.36. The Morgan fingerprint density at radius 1 is 0.867 bits per heavy atom. The molecule has 0 bridgehead atoms. The first kappa shape index (κ1) is 20.4. The Labute approximate surface area is 182 Å². The standard InChI is InChI=1S/C25H26N4S/c1-17(2)21-8-6-20(7-9-21)16-30-25-28-27-24(22-11-13-26-14-12-22)29(25)23-10-5-18(3)19(4)15-23/h5-15,17H,16H2,1-4H3. The van der Waals surface area contributed by atoms with Gasteiger partial charge in [-0.2, -0.15) is 0 Å². The van der Waals surface area contributed by atoms with Crippen LogP contribution in [0.3, 0.4) is 0 Å². The van der Waals surface area contributed by atoms with Crippen molar-refractivity contribution in [1.82, 2.24) is 19.7 Å². The Balaban J connectivity index is 1.69. The Kier molecular flexibility index (Phi) is 6.00. The van der Waals surface area contributed by atoms with E-state index in [9.17, 15) is 0 Å². The second-order valence-electron chi connectivity index (χ2n) is 7.83. The number of thioether (sulfide) groups is 1. The van der Waals surface area contributed by atoms with Crippen molar-refractivity contribution in [3.05, 3.63) is 89.2 Å². The number of aryl methyl sites for hydroxylation is 2. The van der Waals surface area contributed by atoms with E-state index in [1.54, 1.807) is 24.2 Å². The first-order valence-corrected chi connectivity index (χ1v) is 11.2. The highest BCUT2D eigenvalue weighted by Crippen LogP contribution is 2.30. The van der Waals surface area contributed by atoms with Gasteiger partial charge in [-0.15, -0.1) is 10.2 Å². The molecule has 0 N–H and O–H groups in total. The van der Waals surface area contributed by atoms with Crippen LogP contribution >= 0.6 is 11.8 Å². The fourth-order valence-electron chi connectivity index (χ4n) is 3.30. The van der Waals surface area contributed by atoms with Gasteiger partial charge in [-0.25, -0.2) is 0 Å². The van der Waals surface area contributed by atoms with Crippen LogP contribution in [0.15, 0.2) is 72.1 Å². The van der Waals surface area contributed by atoms with E-state index in [1.165, 1.54) is 22.3 Å². The van der Waals surface area contributed by atoms with Gasteiger partial charge in [-0.05, 0) is 66.3 Å². The maximum atomic E-state index is 4.54. The summed E-state index contributed by atoms with van der Waals surface area (Å²) >= 11 is 1.71. The molecule has 0 fully saturated rings. The molecular weight excluding hydrogens is 388 g/mol. The van der Waals surface area contributed by atoms with Crippen molar-refractivity contribution >= 4 is 11.8 Å². The predicted molar refractivity (Wildman–Crippen MR) is 124 cm³/mol. The Morgan fingerprint density at radius 3 is 2.27 bits per heavy atom. The van der Waals surface area contributed by atoms with E-state index in [1.807, 2.05) is 12.1 Å². The number of rotatable bonds is 6. The molecule has 2 aromatic heterocycles. The summed E-state index contributed by atoms with van der Waals surface area (Å²) in [6, 6.07) is 19.3. The van der Waals surface area contributed by atoms with E-state index in [4.69, 9.17) is 0 Å². The van der Waals surface area contributed by atoms with Crippen molar-refractivity contribution in [2.24, 2.45) is 0 Å². The number of nitrogens with zero attached hydrogens (tertiary/aromatic N) is 4. The van der Waals surface area contributed by atoms with Crippen molar-refractivity contribution < 1.29 is 0 Å². The van der Waals surface area contributed by atoms with Crippen molar-refractivity contribution in [1.29, 1.82) is 0 Å². The summed E-state index contributed by atoms with van der Waals surface area (Å²) in [4.78, 5) is 4.14. The van der Waals surface area contributed by atoms with Crippen LogP contribution in [0.1, 0.15) is 42.0 Å². The van der Waals surface area contributed by atoms with Crippen LogP contribution in [0, 0.1) is 13.8 Å². The third-order valence-electron chi connectivity index (χ3n) is 5.33. The van der Waals surface area contributed by atoms with Gasteiger partial charge in [0.1, 0.15) is 0 Å². The molecule has 0 aliphatic carbocycles. The van der Waals surface area contributed by atoms with Gasteiger partial charge in [0.2, 0.25) is 0 Å². The molecule has 5 heteroatoms. The molecule has 0 saturated heterocycles. The summed E-state index contributed by atoms with van der Waals surface area (Å²) in [7, 11) is 0. The zero-order chi connectivity index (χ0) is 21.1. The molecule has 152 valence electrons. The fraction of sp³-hybridized carbons (Fsp3) is 0.240. The summed E-state index contributed by atoms with van der Waals surface area (Å²) < 4.78 is 2.15. The average Bonchev–Trinajstić information content (AvgIpc) is 3.19. The topological polar surface area (TPSA) is 43.6 Å². The maximum absolute atomic E-state index is 4.54. The smallest absolute Gasteiger partial charge is 0.196 e. The highest BCUT2D eigenvalue weighted by Gasteiger charge is 2.17. The Bertz CT molecular complexity index is 1130. The quantitative estimate of drug-likeness (QED) is 0.344. The minimum atomic E-state index is 0.544. The van der Waals surface area contributed by atoms with Crippen LogP contribution in [-0.2, 0) is 5.75 Å². The molecule has 0 radical (unpaired) electrons. The lowest BCUT2D eigenvalue weighted by molar-refractivity contribution is 0.865. The van der Waals surface area contributed by atoms with E-state index in [0.717, 1.165) is 28.0 Å². The van der Waals surface area contributed by atoms with Crippen molar-refractivity contribution in [3.8, 4) is 17.1 Å². The minimum absolute atomic E-state index is 0.544. The van der Waals surface area contributed by atoms with Crippen LogP contribution in [-0.4, -0.2) is 19.7 Å². The molecular formula is C25H26N4S. The Hall–Kier alpha value is -2.92.